The monoisotopic (exact) mass is 417 g/mol. The van der Waals surface area contributed by atoms with Gasteiger partial charge in [0.25, 0.3) is 0 Å². The predicted octanol–water partition coefficient (Wildman–Crippen LogP) is 4.39. The fraction of sp³-hybridized carbons (Fsp3) is 0.269. The van der Waals surface area contributed by atoms with Crippen molar-refractivity contribution in [2.24, 2.45) is 0 Å². The standard InChI is InChI=1S/C26H27NO4/c1-29-23-15-21-13-14-27(25(28)18-31-17-19-9-5-3-6-10-19)26(20-11-7-4-8-12-20)22(21)16-24(23)30-2/h3-12,15-16,26H,13-14,17-18H2,1-2H3. The van der Waals surface area contributed by atoms with Gasteiger partial charge in [-0.15, -0.1) is 0 Å². The second-order valence-electron chi connectivity index (χ2n) is 7.53. The molecule has 0 fully saturated rings. The van der Waals surface area contributed by atoms with E-state index in [1.807, 2.05) is 65.6 Å². The zero-order chi connectivity index (χ0) is 21.6. The molecule has 0 aromatic heterocycles. The van der Waals surface area contributed by atoms with Crippen LogP contribution in [-0.4, -0.2) is 38.2 Å². The van der Waals surface area contributed by atoms with Gasteiger partial charge in [0.15, 0.2) is 11.5 Å². The molecule has 3 aromatic rings. The van der Waals surface area contributed by atoms with Gasteiger partial charge in [-0.05, 0) is 40.8 Å². The highest BCUT2D eigenvalue weighted by Crippen LogP contribution is 2.41. The van der Waals surface area contributed by atoms with Gasteiger partial charge in [-0.2, -0.15) is 0 Å². The minimum Gasteiger partial charge on any atom is -0.493 e. The van der Waals surface area contributed by atoms with Crippen LogP contribution < -0.4 is 9.47 Å². The molecule has 31 heavy (non-hydrogen) atoms. The van der Waals surface area contributed by atoms with E-state index in [2.05, 4.69) is 12.1 Å². The number of carbonyl (C=O) groups excluding carboxylic acids is 1. The van der Waals surface area contributed by atoms with Crippen molar-refractivity contribution in [3.8, 4) is 11.5 Å². The lowest BCUT2D eigenvalue weighted by Crippen LogP contribution is -2.42. The van der Waals surface area contributed by atoms with Gasteiger partial charge in [-0.25, -0.2) is 0 Å². The van der Waals surface area contributed by atoms with Crippen LogP contribution >= 0.6 is 0 Å². The first kappa shape index (κ1) is 20.9. The topological polar surface area (TPSA) is 48.0 Å². The van der Waals surface area contributed by atoms with Crippen LogP contribution in [0.1, 0.15) is 28.3 Å². The van der Waals surface area contributed by atoms with E-state index in [4.69, 9.17) is 14.2 Å². The van der Waals surface area contributed by atoms with Crippen LogP contribution in [-0.2, 0) is 22.6 Å². The number of benzene rings is 3. The molecule has 5 nitrogen and oxygen atoms in total. The van der Waals surface area contributed by atoms with E-state index in [9.17, 15) is 4.79 Å². The van der Waals surface area contributed by atoms with Crippen LogP contribution in [0.2, 0.25) is 0 Å². The van der Waals surface area contributed by atoms with E-state index in [0.29, 0.717) is 24.7 Å². The van der Waals surface area contributed by atoms with Gasteiger partial charge >= 0.3 is 0 Å². The maximum atomic E-state index is 13.2. The summed E-state index contributed by atoms with van der Waals surface area (Å²) in [5.41, 5.74) is 4.34. The highest BCUT2D eigenvalue weighted by atomic mass is 16.5. The van der Waals surface area contributed by atoms with Crippen molar-refractivity contribution in [3.63, 3.8) is 0 Å². The number of hydrogen-bond acceptors (Lipinski definition) is 4. The number of ether oxygens (including phenoxy) is 3. The minimum atomic E-state index is -0.197. The Labute approximate surface area is 183 Å². The Morgan fingerprint density at radius 1 is 0.935 bits per heavy atom. The third kappa shape index (κ3) is 4.57. The van der Waals surface area contributed by atoms with Gasteiger partial charge in [0.05, 0.1) is 26.9 Å². The van der Waals surface area contributed by atoms with Gasteiger partial charge in [0.2, 0.25) is 5.91 Å². The van der Waals surface area contributed by atoms with Crippen molar-refractivity contribution >= 4 is 5.91 Å². The van der Waals surface area contributed by atoms with E-state index in [1.165, 1.54) is 5.56 Å². The lowest BCUT2D eigenvalue weighted by atomic mass is 9.87. The van der Waals surface area contributed by atoms with Gasteiger partial charge in [0.1, 0.15) is 6.61 Å². The fourth-order valence-corrected chi connectivity index (χ4v) is 4.12. The molecule has 1 heterocycles. The number of fused-ring (bicyclic) bond motifs is 1. The Morgan fingerprint density at radius 2 is 1.58 bits per heavy atom. The van der Waals surface area contributed by atoms with Crippen LogP contribution in [0.5, 0.6) is 11.5 Å². The van der Waals surface area contributed by atoms with Gasteiger partial charge in [-0.1, -0.05) is 60.7 Å². The van der Waals surface area contributed by atoms with Crippen molar-refractivity contribution in [2.75, 3.05) is 27.4 Å². The maximum Gasteiger partial charge on any atom is 0.249 e. The van der Waals surface area contributed by atoms with E-state index < -0.39 is 0 Å². The summed E-state index contributed by atoms with van der Waals surface area (Å²) in [5.74, 6) is 1.35. The summed E-state index contributed by atoms with van der Waals surface area (Å²) in [6, 6.07) is 23.8. The zero-order valence-electron chi connectivity index (χ0n) is 17.9. The molecule has 1 aliphatic heterocycles. The van der Waals surface area contributed by atoms with Crippen molar-refractivity contribution in [1.82, 2.24) is 4.90 Å². The first-order valence-electron chi connectivity index (χ1n) is 10.4. The molecular formula is C26H27NO4. The number of carbonyl (C=O) groups is 1. The van der Waals surface area contributed by atoms with Gasteiger partial charge < -0.3 is 19.1 Å². The normalized spacial score (nSPS) is 15.3. The molecule has 0 N–H and O–H groups in total. The highest BCUT2D eigenvalue weighted by Gasteiger charge is 2.33. The molecule has 3 aromatic carbocycles. The van der Waals surface area contributed by atoms with Crippen LogP contribution in [0.15, 0.2) is 72.8 Å². The summed E-state index contributed by atoms with van der Waals surface area (Å²) >= 11 is 0. The van der Waals surface area contributed by atoms with Crippen molar-refractivity contribution in [2.45, 2.75) is 19.1 Å². The average Bonchev–Trinajstić information content (AvgIpc) is 2.83. The first-order chi connectivity index (χ1) is 15.2. The maximum absolute atomic E-state index is 13.2. The molecule has 160 valence electrons. The Hall–Kier alpha value is -3.31. The Bertz CT molecular complexity index is 1020. The molecule has 1 unspecified atom stereocenters. The molecule has 1 aliphatic rings. The molecule has 0 bridgehead atoms. The average molecular weight is 418 g/mol. The number of methoxy groups -OCH3 is 2. The number of hydrogen-bond donors (Lipinski definition) is 0. The third-order valence-corrected chi connectivity index (χ3v) is 5.65. The molecule has 1 amide bonds. The van der Waals surface area contributed by atoms with E-state index in [0.717, 1.165) is 23.1 Å². The van der Waals surface area contributed by atoms with Crippen molar-refractivity contribution < 1.29 is 19.0 Å². The molecule has 0 spiro atoms. The van der Waals surface area contributed by atoms with Gasteiger partial charge in [-0.3, -0.25) is 4.79 Å². The van der Waals surface area contributed by atoms with E-state index in [1.54, 1.807) is 14.2 Å². The molecule has 0 saturated heterocycles. The molecule has 0 saturated carbocycles. The van der Waals surface area contributed by atoms with E-state index in [-0.39, 0.29) is 18.6 Å². The molecule has 5 heteroatoms. The molecule has 0 radical (unpaired) electrons. The Kier molecular flexibility index (Phi) is 6.53. The number of amides is 1. The molecule has 4 rings (SSSR count). The molecule has 0 aliphatic carbocycles. The summed E-state index contributed by atoms with van der Waals surface area (Å²) in [4.78, 5) is 15.1. The van der Waals surface area contributed by atoms with Gasteiger partial charge in [0, 0.05) is 6.54 Å². The lowest BCUT2D eigenvalue weighted by Gasteiger charge is -2.38. The van der Waals surface area contributed by atoms with Crippen molar-refractivity contribution in [1.29, 1.82) is 0 Å². The van der Waals surface area contributed by atoms with Crippen molar-refractivity contribution in [3.05, 3.63) is 95.1 Å². The molecular weight excluding hydrogens is 390 g/mol. The Morgan fingerprint density at radius 3 is 2.26 bits per heavy atom. The first-order valence-corrected chi connectivity index (χ1v) is 10.4. The summed E-state index contributed by atoms with van der Waals surface area (Å²) in [7, 11) is 3.27. The SMILES string of the molecule is COc1cc2c(cc1OC)C(c1ccccc1)N(C(=O)COCc1ccccc1)CC2. The predicted molar refractivity (Wildman–Crippen MR) is 119 cm³/mol. The third-order valence-electron chi connectivity index (χ3n) is 5.65. The second-order valence-corrected chi connectivity index (χ2v) is 7.53. The van der Waals surface area contributed by atoms with Crippen LogP contribution in [0, 0.1) is 0 Å². The Balaban J connectivity index is 1.61. The van der Waals surface area contributed by atoms with E-state index >= 15 is 0 Å². The smallest absolute Gasteiger partial charge is 0.249 e. The zero-order valence-corrected chi connectivity index (χ0v) is 17.9. The summed E-state index contributed by atoms with van der Waals surface area (Å²) in [5, 5.41) is 0. The quantitative estimate of drug-likeness (QED) is 0.572. The summed E-state index contributed by atoms with van der Waals surface area (Å²) in [6.45, 7) is 1.08. The molecule has 1 atom stereocenters. The largest absolute Gasteiger partial charge is 0.493 e. The highest BCUT2D eigenvalue weighted by molar-refractivity contribution is 5.79. The minimum absolute atomic E-state index is 0.0229. The summed E-state index contributed by atoms with van der Waals surface area (Å²) in [6.07, 6.45) is 0.753. The van der Waals surface area contributed by atoms with Crippen LogP contribution in [0.25, 0.3) is 0 Å². The number of rotatable bonds is 7. The summed E-state index contributed by atoms with van der Waals surface area (Å²) < 4.78 is 16.8. The fourth-order valence-electron chi connectivity index (χ4n) is 4.12. The lowest BCUT2D eigenvalue weighted by molar-refractivity contribution is -0.138. The van der Waals surface area contributed by atoms with Crippen LogP contribution in [0.3, 0.4) is 0 Å². The number of nitrogens with zero attached hydrogens (tertiary/aromatic N) is 1. The second kappa shape index (κ2) is 9.67. The van der Waals surface area contributed by atoms with Crippen LogP contribution in [0.4, 0.5) is 0 Å².